The molecule has 4 nitrogen and oxygen atoms in total. The fourth-order valence-electron chi connectivity index (χ4n) is 2.53. The molecule has 1 saturated heterocycles. The van der Waals surface area contributed by atoms with Crippen LogP contribution in [0.4, 0.5) is 0 Å². The predicted molar refractivity (Wildman–Crippen MR) is 69.4 cm³/mol. The van der Waals surface area contributed by atoms with Gasteiger partial charge in [-0.3, -0.25) is 0 Å². The van der Waals surface area contributed by atoms with E-state index >= 15 is 0 Å². The van der Waals surface area contributed by atoms with Gasteiger partial charge in [0.2, 0.25) is 10.0 Å². The van der Waals surface area contributed by atoms with Crippen molar-refractivity contribution in [2.45, 2.75) is 45.1 Å². The monoisotopic (exact) mass is 260 g/mol. The Labute approximate surface area is 105 Å². The van der Waals surface area contributed by atoms with Gasteiger partial charge in [0.25, 0.3) is 0 Å². The average molecular weight is 260 g/mol. The van der Waals surface area contributed by atoms with Crippen LogP contribution >= 0.6 is 0 Å². The number of hydrogen-bond acceptors (Lipinski definition) is 3. The Kier molecular flexibility index (Phi) is 4.44. The van der Waals surface area contributed by atoms with Crippen LogP contribution in [-0.4, -0.2) is 44.2 Å². The third-order valence-corrected chi connectivity index (χ3v) is 5.71. The molecule has 2 fully saturated rings. The highest BCUT2D eigenvalue weighted by Crippen LogP contribution is 2.32. The van der Waals surface area contributed by atoms with Gasteiger partial charge in [-0.2, -0.15) is 4.31 Å². The van der Waals surface area contributed by atoms with Gasteiger partial charge < -0.3 is 5.32 Å². The fourth-order valence-corrected chi connectivity index (χ4v) is 4.74. The molecule has 0 spiro atoms. The minimum Gasteiger partial charge on any atom is -0.315 e. The van der Waals surface area contributed by atoms with Crippen molar-refractivity contribution >= 4 is 10.0 Å². The minimum absolute atomic E-state index is 0.187. The molecule has 2 rings (SSSR count). The Hall–Kier alpha value is -0.130. The number of rotatable bonds is 6. The lowest BCUT2D eigenvalue weighted by molar-refractivity contribution is 0.265. The number of hydrogen-bond donors (Lipinski definition) is 1. The van der Waals surface area contributed by atoms with Gasteiger partial charge >= 0.3 is 0 Å². The Morgan fingerprint density at radius 2 is 2.06 bits per heavy atom. The van der Waals surface area contributed by atoms with Crippen molar-refractivity contribution in [1.82, 2.24) is 9.62 Å². The van der Waals surface area contributed by atoms with Crippen molar-refractivity contribution in [2.75, 3.05) is 25.4 Å². The van der Waals surface area contributed by atoms with E-state index in [1.54, 1.807) is 4.31 Å². The van der Waals surface area contributed by atoms with E-state index < -0.39 is 10.0 Å². The lowest BCUT2D eigenvalue weighted by atomic mass is 10.1. The normalized spacial score (nSPS) is 26.4. The van der Waals surface area contributed by atoms with Crippen LogP contribution in [0.3, 0.4) is 0 Å². The molecular weight excluding hydrogens is 236 g/mol. The summed E-state index contributed by atoms with van der Waals surface area (Å²) in [6, 6.07) is 0.187. The second-order valence-corrected chi connectivity index (χ2v) is 7.30. The molecule has 2 aliphatic rings. The first-order chi connectivity index (χ1) is 8.13. The van der Waals surface area contributed by atoms with Gasteiger partial charge in [-0.15, -0.1) is 0 Å². The lowest BCUT2D eigenvalue weighted by Crippen LogP contribution is -2.49. The van der Waals surface area contributed by atoms with Crippen molar-refractivity contribution < 1.29 is 8.42 Å². The number of nitrogens with zero attached hydrogens (tertiary/aromatic N) is 1. The summed E-state index contributed by atoms with van der Waals surface area (Å²) in [5, 5.41) is 3.31. The Morgan fingerprint density at radius 3 is 2.59 bits per heavy atom. The summed E-state index contributed by atoms with van der Waals surface area (Å²) in [7, 11) is -3.03. The summed E-state index contributed by atoms with van der Waals surface area (Å²) in [5.74, 6) is 0.819. The van der Waals surface area contributed by atoms with E-state index in [-0.39, 0.29) is 6.04 Å². The number of piperidine rings is 1. The van der Waals surface area contributed by atoms with Gasteiger partial charge in [-0.05, 0) is 44.6 Å². The van der Waals surface area contributed by atoms with E-state index in [2.05, 4.69) is 12.2 Å². The average Bonchev–Trinajstić information content (AvgIpc) is 3.10. The molecule has 100 valence electrons. The van der Waals surface area contributed by atoms with Crippen LogP contribution in [0.2, 0.25) is 0 Å². The second-order valence-electron chi connectivity index (χ2n) is 5.33. The maximum Gasteiger partial charge on any atom is 0.214 e. The van der Waals surface area contributed by atoms with Crippen LogP contribution in [0, 0.1) is 5.92 Å². The van der Waals surface area contributed by atoms with Gasteiger partial charge in [0.1, 0.15) is 0 Å². The molecular formula is C12H24N2O2S. The van der Waals surface area contributed by atoms with Crippen molar-refractivity contribution in [1.29, 1.82) is 0 Å². The molecule has 1 unspecified atom stereocenters. The SMILES string of the molecule is CCCN(C1CCCNC1)S(=O)(=O)CC1CC1. The molecule has 1 aliphatic heterocycles. The molecule has 17 heavy (non-hydrogen) atoms. The Balaban J connectivity index is 2.03. The molecule has 0 aromatic heterocycles. The molecule has 0 radical (unpaired) electrons. The molecule has 5 heteroatoms. The van der Waals surface area contributed by atoms with Crippen LogP contribution in [0.1, 0.15) is 39.0 Å². The smallest absolute Gasteiger partial charge is 0.214 e. The zero-order valence-electron chi connectivity index (χ0n) is 10.7. The van der Waals surface area contributed by atoms with Crippen LogP contribution in [-0.2, 0) is 10.0 Å². The Bertz CT molecular complexity index is 332. The van der Waals surface area contributed by atoms with Crippen molar-refractivity contribution in [3.8, 4) is 0 Å². The minimum atomic E-state index is -3.03. The van der Waals surface area contributed by atoms with Gasteiger partial charge in [0, 0.05) is 19.1 Å². The van der Waals surface area contributed by atoms with Gasteiger partial charge in [0.15, 0.2) is 0 Å². The van der Waals surface area contributed by atoms with E-state index in [0.717, 1.165) is 45.2 Å². The summed E-state index contributed by atoms with van der Waals surface area (Å²) in [6.07, 6.45) is 5.20. The van der Waals surface area contributed by atoms with E-state index in [9.17, 15) is 8.42 Å². The van der Waals surface area contributed by atoms with Crippen molar-refractivity contribution in [3.63, 3.8) is 0 Å². The first kappa shape index (κ1) is 13.3. The third kappa shape index (κ3) is 3.66. The van der Waals surface area contributed by atoms with E-state index in [4.69, 9.17) is 0 Å². The van der Waals surface area contributed by atoms with E-state index in [0.29, 0.717) is 18.2 Å². The molecule has 0 aromatic carbocycles. The summed E-state index contributed by atoms with van der Waals surface area (Å²) in [5.41, 5.74) is 0. The highest BCUT2D eigenvalue weighted by Gasteiger charge is 2.35. The van der Waals surface area contributed by atoms with Crippen LogP contribution in [0.5, 0.6) is 0 Å². The molecule has 1 aliphatic carbocycles. The first-order valence-corrected chi connectivity index (χ1v) is 8.44. The maximum atomic E-state index is 12.4. The molecule has 0 amide bonds. The fraction of sp³-hybridized carbons (Fsp3) is 1.00. The number of sulfonamides is 1. The third-order valence-electron chi connectivity index (χ3n) is 3.62. The summed E-state index contributed by atoms with van der Waals surface area (Å²) < 4.78 is 26.5. The van der Waals surface area contributed by atoms with Crippen molar-refractivity contribution in [2.24, 2.45) is 5.92 Å². The molecule has 1 atom stereocenters. The quantitative estimate of drug-likeness (QED) is 0.780. The highest BCUT2D eigenvalue weighted by atomic mass is 32.2. The summed E-state index contributed by atoms with van der Waals surface area (Å²) in [4.78, 5) is 0. The molecule has 1 heterocycles. The van der Waals surface area contributed by atoms with E-state index in [1.807, 2.05) is 0 Å². The largest absolute Gasteiger partial charge is 0.315 e. The maximum absolute atomic E-state index is 12.4. The predicted octanol–water partition coefficient (Wildman–Crippen LogP) is 1.19. The van der Waals surface area contributed by atoms with Crippen LogP contribution in [0.15, 0.2) is 0 Å². The molecule has 0 bridgehead atoms. The Morgan fingerprint density at radius 1 is 1.29 bits per heavy atom. The standard InChI is InChI=1S/C12H24N2O2S/c1-2-8-14(12-4-3-7-13-9-12)17(15,16)10-11-5-6-11/h11-13H,2-10H2,1H3. The first-order valence-electron chi connectivity index (χ1n) is 6.83. The lowest BCUT2D eigenvalue weighted by Gasteiger charge is -2.33. The topological polar surface area (TPSA) is 49.4 Å². The molecule has 0 aromatic rings. The second kappa shape index (κ2) is 5.67. The van der Waals surface area contributed by atoms with Crippen LogP contribution < -0.4 is 5.32 Å². The van der Waals surface area contributed by atoms with E-state index in [1.165, 1.54) is 0 Å². The van der Waals surface area contributed by atoms with Crippen molar-refractivity contribution in [3.05, 3.63) is 0 Å². The summed E-state index contributed by atoms with van der Waals surface area (Å²) >= 11 is 0. The molecule has 1 N–H and O–H groups in total. The van der Waals surface area contributed by atoms with Gasteiger partial charge in [-0.25, -0.2) is 8.42 Å². The molecule has 1 saturated carbocycles. The zero-order valence-corrected chi connectivity index (χ0v) is 11.5. The highest BCUT2D eigenvalue weighted by molar-refractivity contribution is 7.89. The summed E-state index contributed by atoms with van der Waals surface area (Å²) in [6.45, 7) is 4.58. The van der Waals surface area contributed by atoms with Gasteiger partial charge in [-0.1, -0.05) is 6.92 Å². The van der Waals surface area contributed by atoms with Crippen LogP contribution in [0.25, 0.3) is 0 Å². The number of nitrogens with one attached hydrogen (secondary N) is 1. The zero-order chi connectivity index (χ0) is 12.3. The van der Waals surface area contributed by atoms with Gasteiger partial charge in [0.05, 0.1) is 5.75 Å².